The number of halogens is 3. The Morgan fingerprint density at radius 2 is 1.75 bits per heavy atom. The topological polar surface area (TPSA) is 112 Å². The maximum atomic E-state index is 14.8. The van der Waals surface area contributed by atoms with Crippen LogP contribution >= 0.6 is 11.6 Å². The van der Waals surface area contributed by atoms with E-state index >= 15 is 0 Å². The van der Waals surface area contributed by atoms with Crippen LogP contribution in [0.1, 0.15) is 33.5 Å². The molecule has 1 unspecified atom stereocenters. The lowest BCUT2D eigenvalue weighted by Gasteiger charge is -2.27. The minimum absolute atomic E-state index is 0.104. The van der Waals surface area contributed by atoms with Crippen molar-refractivity contribution >= 4 is 40.8 Å². The fourth-order valence-electron chi connectivity index (χ4n) is 5.66. The highest BCUT2D eigenvalue weighted by Crippen LogP contribution is 2.35. The molecule has 0 spiro atoms. The smallest absolute Gasteiger partial charge is 0.253 e. The molecule has 0 aliphatic carbocycles. The van der Waals surface area contributed by atoms with Gasteiger partial charge in [0.05, 0.1) is 23.5 Å². The molecule has 1 fully saturated rings. The summed E-state index contributed by atoms with van der Waals surface area (Å²) in [7, 11) is 3.30. The van der Waals surface area contributed by atoms with E-state index in [0.29, 0.717) is 51.6 Å². The second-order valence-electron chi connectivity index (χ2n) is 10.6. The highest BCUT2D eigenvalue weighted by molar-refractivity contribution is 6.31. The average molecular weight is 616 g/mol. The first-order valence-corrected chi connectivity index (χ1v) is 14.3. The van der Waals surface area contributed by atoms with Crippen LogP contribution in [0.4, 0.5) is 20.4 Å². The third-order valence-corrected chi connectivity index (χ3v) is 8.28. The van der Waals surface area contributed by atoms with Crippen molar-refractivity contribution < 1.29 is 18.4 Å². The molecule has 1 atom stereocenters. The molecule has 6 rings (SSSR count). The predicted molar refractivity (Wildman–Crippen MR) is 164 cm³/mol. The van der Waals surface area contributed by atoms with Crippen LogP contribution in [-0.2, 0) is 11.3 Å². The first-order chi connectivity index (χ1) is 21.2. The maximum Gasteiger partial charge on any atom is 0.253 e. The first kappa shape index (κ1) is 29.3. The summed E-state index contributed by atoms with van der Waals surface area (Å²) in [5.74, 6) is -1.49. The zero-order valence-electron chi connectivity index (χ0n) is 23.9. The van der Waals surface area contributed by atoms with Gasteiger partial charge in [-0.25, -0.2) is 18.7 Å². The van der Waals surface area contributed by atoms with Crippen molar-refractivity contribution in [3.05, 3.63) is 106 Å². The van der Waals surface area contributed by atoms with Crippen molar-refractivity contribution in [1.29, 1.82) is 0 Å². The Morgan fingerprint density at radius 3 is 2.45 bits per heavy atom. The number of aliphatic imine (C=N–C) groups is 1. The largest absolute Gasteiger partial charge is 0.358 e. The monoisotopic (exact) mass is 615 g/mol. The Morgan fingerprint density at radius 1 is 1.00 bits per heavy atom. The number of carbonyl (C=O) groups is 2. The minimum Gasteiger partial charge on any atom is -0.358 e. The molecule has 3 aromatic carbocycles. The van der Waals surface area contributed by atoms with Crippen LogP contribution in [0.25, 0.3) is 11.3 Å². The second-order valence-corrected chi connectivity index (χ2v) is 11.0. The Hall–Kier alpha value is -4.74. The van der Waals surface area contributed by atoms with Gasteiger partial charge in [-0.05, 0) is 62.0 Å². The van der Waals surface area contributed by atoms with Crippen LogP contribution in [0.15, 0.2) is 71.9 Å². The van der Waals surface area contributed by atoms with Gasteiger partial charge in [0.15, 0.2) is 0 Å². The number of likely N-dealkylation sites (tertiary alicyclic amines) is 1. The molecular weight excluding hydrogens is 588 g/mol. The van der Waals surface area contributed by atoms with E-state index in [0.717, 1.165) is 0 Å². The quantitative estimate of drug-likeness (QED) is 0.290. The summed E-state index contributed by atoms with van der Waals surface area (Å²) in [6.45, 7) is 0.831. The summed E-state index contributed by atoms with van der Waals surface area (Å²) < 4.78 is 29.7. The molecule has 2 aliphatic heterocycles. The van der Waals surface area contributed by atoms with Gasteiger partial charge in [-0.15, -0.1) is 0 Å². The van der Waals surface area contributed by atoms with Gasteiger partial charge in [0.1, 0.15) is 17.2 Å². The fourth-order valence-corrected chi connectivity index (χ4v) is 5.83. The van der Waals surface area contributed by atoms with Gasteiger partial charge in [-0.2, -0.15) is 0 Å². The van der Waals surface area contributed by atoms with Crippen molar-refractivity contribution in [2.75, 3.05) is 32.5 Å². The van der Waals surface area contributed by atoms with Crippen LogP contribution in [0.2, 0.25) is 5.02 Å². The molecule has 4 aromatic rings. The molecule has 9 nitrogen and oxygen atoms in total. The molecule has 0 bridgehead atoms. The summed E-state index contributed by atoms with van der Waals surface area (Å²) in [6.07, 6.45) is 2.14. The fraction of sp³-hybridized carbons (Fsp3) is 0.219. The summed E-state index contributed by atoms with van der Waals surface area (Å²) in [5.41, 5.74) is 2.51. The van der Waals surface area contributed by atoms with Gasteiger partial charge in [0, 0.05) is 59.3 Å². The van der Waals surface area contributed by atoms with E-state index in [4.69, 9.17) is 16.6 Å². The van der Waals surface area contributed by atoms with E-state index in [2.05, 4.69) is 25.9 Å². The lowest BCUT2D eigenvalue weighted by Crippen LogP contribution is -2.56. The molecule has 2 amide bonds. The number of benzene rings is 3. The number of hydrogen-bond donors (Lipinski definition) is 3. The van der Waals surface area contributed by atoms with Gasteiger partial charge in [-0.3, -0.25) is 14.6 Å². The van der Waals surface area contributed by atoms with Crippen molar-refractivity contribution in [2.45, 2.75) is 18.5 Å². The summed E-state index contributed by atoms with van der Waals surface area (Å²) in [4.78, 5) is 41.0. The molecule has 3 heterocycles. The van der Waals surface area contributed by atoms with E-state index < -0.39 is 17.2 Å². The molecule has 0 radical (unpaired) electrons. The third-order valence-electron chi connectivity index (χ3n) is 8.05. The summed E-state index contributed by atoms with van der Waals surface area (Å²) >= 11 is 6.31. The van der Waals surface area contributed by atoms with Crippen molar-refractivity contribution in [3.8, 4) is 11.3 Å². The van der Waals surface area contributed by atoms with Crippen LogP contribution in [-0.4, -0.2) is 65.1 Å². The molecule has 1 saturated heterocycles. The molecule has 224 valence electrons. The molecule has 44 heavy (non-hydrogen) atoms. The van der Waals surface area contributed by atoms with E-state index in [1.165, 1.54) is 18.2 Å². The van der Waals surface area contributed by atoms with Gasteiger partial charge >= 0.3 is 0 Å². The highest BCUT2D eigenvalue weighted by Gasteiger charge is 2.44. The number of nitrogens with one attached hydrogen (secondary N) is 3. The van der Waals surface area contributed by atoms with Crippen molar-refractivity contribution in [1.82, 2.24) is 25.5 Å². The Balaban J connectivity index is 1.25. The SMILES string of the molecule is CNC(=O)C1(NC)CCN(C(=O)c2ccc(Nc3ncc4c(n3)-c3ccc(Cl)cc3C(c3c(F)cccc3F)=NC4)cc2)C1. The van der Waals surface area contributed by atoms with Crippen LogP contribution < -0.4 is 16.0 Å². The van der Waals surface area contributed by atoms with Crippen LogP contribution in [0, 0.1) is 11.6 Å². The molecule has 12 heteroatoms. The van der Waals surface area contributed by atoms with Gasteiger partial charge in [-0.1, -0.05) is 23.7 Å². The normalized spacial score (nSPS) is 17.3. The first-order valence-electron chi connectivity index (χ1n) is 14.0. The number of rotatable bonds is 6. The van der Waals surface area contributed by atoms with Crippen LogP contribution in [0.3, 0.4) is 0 Å². The molecule has 1 aromatic heterocycles. The zero-order valence-corrected chi connectivity index (χ0v) is 24.7. The number of likely N-dealkylation sites (N-methyl/N-ethyl adjacent to an activating group) is 2. The number of fused-ring (bicyclic) bond motifs is 3. The van der Waals surface area contributed by atoms with E-state index in [1.807, 2.05) is 0 Å². The molecule has 0 saturated carbocycles. The van der Waals surface area contributed by atoms with Crippen LogP contribution in [0.5, 0.6) is 0 Å². The lowest BCUT2D eigenvalue weighted by atomic mass is 9.95. The molecule has 2 aliphatic rings. The molecule has 3 N–H and O–H groups in total. The standard InChI is InChI=1S/C32H28ClF2N7O2/c1-36-30(44)32(37-2)12-13-42(17-32)29(43)18-6-9-21(10-7-18)40-31-39-16-19-15-38-28(26-24(34)4-3-5-25(26)35)23-14-20(33)8-11-22(23)27(19)41-31/h3-11,14,16,37H,12-13,15,17H2,1-2H3,(H,36,44)(H,39,40,41). The van der Waals surface area contributed by atoms with E-state index in [1.54, 1.807) is 67.7 Å². The number of nitrogens with zero attached hydrogens (tertiary/aromatic N) is 4. The average Bonchev–Trinajstić information content (AvgIpc) is 3.42. The Labute approximate surface area is 257 Å². The number of anilines is 2. The lowest BCUT2D eigenvalue weighted by molar-refractivity contribution is -0.126. The number of hydrogen-bond acceptors (Lipinski definition) is 7. The number of amides is 2. The minimum atomic E-state index is -0.812. The van der Waals surface area contributed by atoms with E-state index in [9.17, 15) is 18.4 Å². The zero-order chi connectivity index (χ0) is 31.0. The van der Waals surface area contributed by atoms with Crippen molar-refractivity contribution in [3.63, 3.8) is 0 Å². The molecular formula is C32H28ClF2N7O2. The van der Waals surface area contributed by atoms with E-state index in [-0.39, 0.29) is 42.1 Å². The second kappa shape index (κ2) is 11.7. The third kappa shape index (κ3) is 5.29. The Kier molecular flexibility index (Phi) is 7.83. The summed E-state index contributed by atoms with van der Waals surface area (Å²) in [6, 6.07) is 15.6. The van der Waals surface area contributed by atoms with Gasteiger partial charge in [0.25, 0.3) is 5.91 Å². The predicted octanol–water partition coefficient (Wildman–Crippen LogP) is 4.72. The number of aromatic nitrogens is 2. The van der Waals surface area contributed by atoms with Crippen molar-refractivity contribution in [2.24, 2.45) is 4.99 Å². The van der Waals surface area contributed by atoms with Gasteiger partial charge in [0.2, 0.25) is 11.9 Å². The maximum absolute atomic E-state index is 14.8. The Bertz CT molecular complexity index is 1800. The van der Waals surface area contributed by atoms with Gasteiger partial charge < -0.3 is 20.9 Å². The number of carbonyl (C=O) groups excluding carboxylic acids is 2. The highest BCUT2D eigenvalue weighted by atomic mass is 35.5. The summed E-state index contributed by atoms with van der Waals surface area (Å²) in [5, 5.41) is 9.30.